The van der Waals surface area contributed by atoms with Gasteiger partial charge in [-0.3, -0.25) is 14.2 Å². The maximum absolute atomic E-state index is 13.2. The number of nitrogens with zero attached hydrogens (tertiary/aromatic N) is 3. The number of carbonyl (C=O) groups excluding carboxylic acids is 1. The number of aryl methyl sites for hydroxylation is 1. The summed E-state index contributed by atoms with van der Waals surface area (Å²) in [6, 6.07) is 12.3. The Balaban J connectivity index is 1.53. The van der Waals surface area contributed by atoms with Gasteiger partial charge >= 0.3 is 0 Å². The van der Waals surface area contributed by atoms with Gasteiger partial charge in [0.25, 0.3) is 5.56 Å². The largest absolute Gasteiger partial charge is 0.345 e. The van der Waals surface area contributed by atoms with E-state index in [2.05, 4.69) is 9.55 Å². The summed E-state index contributed by atoms with van der Waals surface area (Å²) in [7, 11) is 0. The molecule has 1 aliphatic carbocycles. The highest BCUT2D eigenvalue weighted by atomic mass is 32.1. The molecule has 0 saturated heterocycles. The molecule has 146 valence electrons. The molecule has 0 bridgehead atoms. The van der Waals surface area contributed by atoms with Crippen LogP contribution >= 0.6 is 11.3 Å². The molecule has 1 fully saturated rings. The summed E-state index contributed by atoms with van der Waals surface area (Å²) in [5.74, 6) is -0.0512. The first-order valence-corrected chi connectivity index (χ1v) is 10.7. The van der Waals surface area contributed by atoms with Crippen LogP contribution in [0.4, 0.5) is 0 Å². The van der Waals surface area contributed by atoms with E-state index in [1.165, 1.54) is 35.1 Å². The number of ketones is 1. The lowest BCUT2D eigenvalue weighted by Crippen LogP contribution is -2.24. The zero-order valence-corrected chi connectivity index (χ0v) is 17.2. The summed E-state index contributed by atoms with van der Waals surface area (Å²) in [6.45, 7) is 4.04. The fraction of sp³-hybridized carbons (Fsp3) is 0.261. The molecule has 0 aliphatic heterocycles. The van der Waals surface area contributed by atoms with E-state index in [9.17, 15) is 9.59 Å². The van der Waals surface area contributed by atoms with Gasteiger partial charge in [0.1, 0.15) is 4.83 Å². The molecule has 29 heavy (non-hydrogen) atoms. The Morgan fingerprint density at radius 2 is 1.97 bits per heavy atom. The molecule has 3 aromatic heterocycles. The van der Waals surface area contributed by atoms with Crippen molar-refractivity contribution >= 4 is 27.3 Å². The average molecular weight is 404 g/mol. The third-order valence-corrected chi connectivity index (χ3v) is 6.54. The average Bonchev–Trinajstić information content (AvgIpc) is 3.37. The summed E-state index contributed by atoms with van der Waals surface area (Å²) in [4.78, 5) is 31.4. The first-order chi connectivity index (χ1) is 14.0. The zero-order valence-electron chi connectivity index (χ0n) is 16.4. The van der Waals surface area contributed by atoms with Crippen LogP contribution in [0.2, 0.25) is 0 Å². The number of carbonyl (C=O) groups is 1. The van der Waals surface area contributed by atoms with Gasteiger partial charge in [0.2, 0.25) is 0 Å². The Kier molecular flexibility index (Phi) is 4.24. The number of benzene rings is 1. The minimum Gasteiger partial charge on any atom is -0.345 e. The molecule has 1 aliphatic rings. The van der Waals surface area contributed by atoms with Crippen LogP contribution in [0.15, 0.2) is 52.9 Å². The van der Waals surface area contributed by atoms with Crippen molar-refractivity contribution in [2.45, 2.75) is 39.3 Å². The number of thiophene rings is 1. The van der Waals surface area contributed by atoms with Crippen LogP contribution in [0.25, 0.3) is 21.3 Å². The van der Waals surface area contributed by atoms with Gasteiger partial charge in [-0.05, 0) is 38.3 Å². The number of aromatic nitrogens is 3. The van der Waals surface area contributed by atoms with Gasteiger partial charge in [0.05, 0.1) is 18.3 Å². The molecule has 6 heteroatoms. The smallest absolute Gasteiger partial charge is 0.263 e. The van der Waals surface area contributed by atoms with Crippen LogP contribution in [-0.2, 0) is 6.54 Å². The van der Waals surface area contributed by atoms with E-state index in [4.69, 9.17) is 0 Å². The molecule has 1 aromatic carbocycles. The maximum Gasteiger partial charge on any atom is 0.263 e. The van der Waals surface area contributed by atoms with E-state index in [1.807, 2.05) is 55.6 Å². The summed E-state index contributed by atoms with van der Waals surface area (Å²) in [5, 5.41) is 2.55. The lowest BCUT2D eigenvalue weighted by atomic mass is 10.1. The lowest BCUT2D eigenvalue weighted by molar-refractivity contribution is 0.0970. The van der Waals surface area contributed by atoms with Crippen LogP contribution in [0.1, 0.15) is 40.6 Å². The van der Waals surface area contributed by atoms with E-state index in [0.717, 1.165) is 22.5 Å². The highest BCUT2D eigenvalue weighted by molar-refractivity contribution is 7.17. The topological polar surface area (TPSA) is 56.9 Å². The van der Waals surface area contributed by atoms with E-state index in [-0.39, 0.29) is 17.9 Å². The Labute approximate surface area is 172 Å². The quantitative estimate of drug-likeness (QED) is 0.452. The number of Topliss-reactive ketones (excluding diaryl/α,β-unsaturated/α-hetero) is 1. The zero-order chi connectivity index (χ0) is 20.1. The minimum absolute atomic E-state index is 0.000803. The number of fused-ring (bicyclic) bond motifs is 1. The maximum atomic E-state index is 13.2. The molecule has 0 atom stereocenters. The molecule has 0 unspecified atom stereocenters. The molecule has 0 N–H and O–H groups in total. The first kappa shape index (κ1) is 18.1. The second-order valence-electron chi connectivity index (χ2n) is 7.68. The third-order valence-electron chi connectivity index (χ3n) is 5.66. The molecule has 3 heterocycles. The van der Waals surface area contributed by atoms with Crippen LogP contribution in [0.3, 0.4) is 0 Å². The summed E-state index contributed by atoms with van der Waals surface area (Å²) in [5.41, 5.74) is 4.50. The predicted octanol–water partition coefficient (Wildman–Crippen LogP) is 4.76. The number of hydrogen-bond donors (Lipinski definition) is 0. The summed E-state index contributed by atoms with van der Waals surface area (Å²) in [6.07, 6.45) is 3.84. The van der Waals surface area contributed by atoms with E-state index in [0.29, 0.717) is 21.8 Å². The van der Waals surface area contributed by atoms with Crippen molar-refractivity contribution in [3.8, 4) is 11.1 Å². The van der Waals surface area contributed by atoms with Crippen LogP contribution in [0.5, 0.6) is 0 Å². The number of hydrogen-bond acceptors (Lipinski definition) is 4. The third kappa shape index (κ3) is 3.04. The second-order valence-corrected chi connectivity index (χ2v) is 8.54. The van der Waals surface area contributed by atoms with Crippen LogP contribution in [-0.4, -0.2) is 19.9 Å². The highest BCUT2D eigenvalue weighted by Crippen LogP contribution is 2.38. The van der Waals surface area contributed by atoms with Crippen molar-refractivity contribution in [2.75, 3.05) is 0 Å². The lowest BCUT2D eigenvalue weighted by Gasteiger charge is -2.08. The Morgan fingerprint density at radius 1 is 1.21 bits per heavy atom. The minimum atomic E-state index is -0.167. The van der Waals surface area contributed by atoms with Gasteiger partial charge in [-0.2, -0.15) is 0 Å². The molecule has 0 radical (unpaired) electrons. The van der Waals surface area contributed by atoms with E-state index < -0.39 is 0 Å². The molecule has 5 rings (SSSR count). The standard InChI is InChI=1S/C23H21N3O2S/c1-14-10-18(15(2)26(14)17-8-9-17)20(27)11-25-13-24-22-21(23(25)28)19(12-29-22)16-6-4-3-5-7-16/h3-7,10,12-13,17H,8-9,11H2,1-2H3. The molecule has 5 nitrogen and oxygen atoms in total. The summed E-state index contributed by atoms with van der Waals surface area (Å²) >= 11 is 1.45. The number of rotatable bonds is 5. The highest BCUT2D eigenvalue weighted by Gasteiger charge is 2.28. The van der Waals surface area contributed by atoms with Crippen molar-refractivity contribution in [1.29, 1.82) is 0 Å². The SMILES string of the molecule is Cc1cc(C(=O)Cn2cnc3scc(-c4ccccc4)c3c2=O)c(C)n1C1CC1. The van der Waals surface area contributed by atoms with Crippen molar-refractivity contribution in [3.05, 3.63) is 75.4 Å². The van der Waals surface area contributed by atoms with Crippen LogP contribution < -0.4 is 5.56 Å². The fourth-order valence-electron chi connectivity index (χ4n) is 4.10. The Morgan fingerprint density at radius 3 is 2.69 bits per heavy atom. The Bertz CT molecular complexity index is 1290. The molecular weight excluding hydrogens is 382 g/mol. The van der Waals surface area contributed by atoms with Gasteiger partial charge in [-0.25, -0.2) is 4.98 Å². The monoisotopic (exact) mass is 403 g/mol. The van der Waals surface area contributed by atoms with Gasteiger partial charge < -0.3 is 4.57 Å². The normalized spacial score (nSPS) is 13.9. The molecule has 0 amide bonds. The molecule has 0 spiro atoms. The van der Waals surface area contributed by atoms with Crippen molar-refractivity contribution in [1.82, 2.24) is 14.1 Å². The van der Waals surface area contributed by atoms with Crippen molar-refractivity contribution in [2.24, 2.45) is 0 Å². The predicted molar refractivity (Wildman–Crippen MR) is 116 cm³/mol. The van der Waals surface area contributed by atoms with Gasteiger partial charge in [-0.15, -0.1) is 11.3 Å². The van der Waals surface area contributed by atoms with Gasteiger partial charge in [0.15, 0.2) is 5.78 Å². The van der Waals surface area contributed by atoms with Crippen LogP contribution in [0, 0.1) is 13.8 Å². The molecular formula is C23H21N3O2S. The van der Waals surface area contributed by atoms with Gasteiger partial charge in [0, 0.05) is 33.9 Å². The molecule has 4 aromatic rings. The van der Waals surface area contributed by atoms with Crippen molar-refractivity contribution < 1.29 is 4.79 Å². The van der Waals surface area contributed by atoms with E-state index >= 15 is 0 Å². The van der Waals surface area contributed by atoms with E-state index in [1.54, 1.807) is 0 Å². The first-order valence-electron chi connectivity index (χ1n) is 9.78. The molecule has 1 saturated carbocycles. The summed E-state index contributed by atoms with van der Waals surface area (Å²) < 4.78 is 3.69. The Hall–Kier alpha value is -2.99. The van der Waals surface area contributed by atoms with Gasteiger partial charge in [-0.1, -0.05) is 30.3 Å². The fourth-order valence-corrected chi connectivity index (χ4v) is 5.01. The van der Waals surface area contributed by atoms with Crippen molar-refractivity contribution in [3.63, 3.8) is 0 Å². The second kappa shape index (κ2) is 6.81.